The van der Waals surface area contributed by atoms with Gasteiger partial charge in [0.2, 0.25) is 0 Å². The molecule has 1 aromatic carbocycles. The summed E-state index contributed by atoms with van der Waals surface area (Å²) in [5, 5.41) is 3.10. The lowest BCUT2D eigenvalue weighted by Gasteiger charge is -2.18. The van der Waals surface area contributed by atoms with Crippen molar-refractivity contribution in [2.45, 2.75) is 18.9 Å². The third-order valence-electron chi connectivity index (χ3n) is 2.79. The van der Waals surface area contributed by atoms with Crippen LogP contribution < -0.4 is 5.32 Å². The Morgan fingerprint density at radius 3 is 2.82 bits per heavy atom. The number of anilines is 1. The topological polar surface area (TPSA) is 38.3 Å². The molecule has 0 spiro atoms. The van der Waals surface area contributed by atoms with Gasteiger partial charge in [-0.1, -0.05) is 0 Å². The van der Waals surface area contributed by atoms with E-state index >= 15 is 0 Å². The van der Waals surface area contributed by atoms with E-state index in [-0.39, 0.29) is 17.8 Å². The van der Waals surface area contributed by atoms with Crippen molar-refractivity contribution in [1.82, 2.24) is 0 Å². The maximum Gasteiger partial charge on any atom is 0.328 e. The van der Waals surface area contributed by atoms with Crippen LogP contribution in [0, 0.1) is 11.7 Å². The quantitative estimate of drug-likeness (QED) is 0.869. The molecule has 0 aliphatic heterocycles. The smallest absolute Gasteiger partial charge is 0.328 e. The molecule has 0 bridgehead atoms. The van der Waals surface area contributed by atoms with Crippen molar-refractivity contribution in [3.8, 4) is 0 Å². The summed E-state index contributed by atoms with van der Waals surface area (Å²) in [5.74, 6) is -0.272. The van der Waals surface area contributed by atoms with E-state index in [4.69, 9.17) is 4.74 Å². The first-order valence-electron chi connectivity index (χ1n) is 5.41. The minimum Gasteiger partial charge on any atom is -0.467 e. The van der Waals surface area contributed by atoms with Gasteiger partial charge in [-0.05, 0) is 52.9 Å². The van der Waals surface area contributed by atoms with Gasteiger partial charge in [0.05, 0.1) is 7.11 Å². The summed E-state index contributed by atoms with van der Waals surface area (Å²) >= 11 is 3.26. The fourth-order valence-electron chi connectivity index (χ4n) is 1.70. The molecule has 1 N–H and O–H groups in total. The molecule has 3 nitrogen and oxygen atoms in total. The Balaban J connectivity index is 2.14. The van der Waals surface area contributed by atoms with Crippen molar-refractivity contribution in [2.75, 3.05) is 12.4 Å². The fraction of sp³-hybridized carbons (Fsp3) is 0.417. The molecule has 17 heavy (non-hydrogen) atoms. The summed E-state index contributed by atoms with van der Waals surface area (Å²) in [6, 6.07) is 3.98. The van der Waals surface area contributed by atoms with Crippen molar-refractivity contribution in [3.63, 3.8) is 0 Å². The Labute approximate surface area is 107 Å². The second-order valence-corrected chi connectivity index (χ2v) is 4.96. The highest BCUT2D eigenvalue weighted by Crippen LogP contribution is 2.36. The maximum absolute atomic E-state index is 12.9. The van der Waals surface area contributed by atoms with Crippen LogP contribution >= 0.6 is 15.9 Å². The highest BCUT2D eigenvalue weighted by molar-refractivity contribution is 9.10. The van der Waals surface area contributed by atoms with E-state index in [1.54, 1.807) is 6.07 Å². The number of benzene rings is 1. The van der Waals surface area contributed by atoms with E-state index in [0.717, 1.165) is 12.8 Å². The number of esters is 1. The summed E-state index contributed by atoms with van der Waals surface area (Å²) in [6.07, 6.45) is 2.04. The van der Waals surface area contributed by atoms with Gasteiger partial charge in [-0.15, -0.1) is 0 Å². The van der Waals surface area contributed by atoms with E-state index in [2.05, 4.69) is 21.2 Å². The van der Waals surface area contributed by atoms with Gasteiger partial charge in [0.15, 0.2) is 0 Å². The molecule has 5 heteroatoms. The normalized spacial score (nSPS) is 16.4. The van der Waals surface area contributed by atoms with Crippen LogP contribution in [0.1, 0.15) is 12.8 Å². The third kappa shape index (κ3) is 2.97. The number of carbonyl (C=O) groups is 1. The van der Waals surface area contributed by atoms with Crippen molar-refractivity contribution < 1.29 is 13.9 Å². The zero-order valence-electron chi connectivity index (χ0n) is 9.37. The minimum atomic E-state index is -0.346. The Kier molecular flexibility index (Phi) is 3.66. The van der Waals surface area contributed by atoms with Crippen LogP contribution in [0.3, 0.4) is 0 Å². The molecular formula is C12H13BrFNO2. The zero-order valence-corrected chi connectivity index (χ0v) is 11.0. The molecule has 0 amide bonds. The highest BCUT2D eigenvalue weighted by Gasteiger charge is 2.37. The predicted octanol–water partition coefficient (Wildman–Crippen LogP) is 2.95. The van der Waals surface area contributed by atoms with E-state index < -0.39 is 0 Å². The number of nitrogens with one attached hydrogen (secondary N) is 1. The number of ether oxygens (including phenoxy) is 1. The fourth-order valence-corrected chi connectivity index (χ4v) is 2.17. The van der Waals surface area contributed by atoms with Crippen molar-refractivity contribution in [3.05, 3.63) is 28.5 Å². The molecule has 0 aromatic heterocycles. The number of methoxy groups -OCH3 is 1. The molecule has 92 valence electrons. The lowest BCUT2D eigenvalue weighted by Crippen LogP contribution is -2.32. The van der Waals surface area contributed by atoms with Crippen LogP contribution in [0.4, 0.5) is 10.1 Å². The van der Waals surface area contributed by atoms with Gasteiger partial charge in [-0.2, -0.15) is 0 Å². The van der Waals surface area contributed by atoms with Crippen LogP contribution in [0.5, 0.6) is 0 Å². The monoisotopic (exact) mass is 301 g/mol. The number of carbonyl (C=O) groups excluding carboxylic acids is 1. The summed E-state index contributed by atoms with van der Waals surface area (Å²) in [7, 11) is 1.37. The Hall–Kier alpha value is -1.10. The molecule has 1 saturated carbocycles. The molecule has 1 aromatic rings. The zero-order chi connectivity index (χ0) is 12.4. The van der Waals surface area contributed by atoms with Gasteiger partial charge in [0.25, 0.3) is 0 Å². The Morgan fingerprint density at radius 1 is 1.59 bits per heavy atom. The van der Waals surface area contributed by atoms with Crippen LogP contribution in [-0.2, 0) is 9.53 Å². The Bertz CT molecular complexity index is 435. The van der Waals surface area contributed by atoms with Crippen LogP contribution in [0.25, 0.3) is 0 Å². The van der Waals surface area contributed by atoms with E-state index in [1.165, 1.54) is 19.2 Å². The molecule has 2 rings (SSSR count). The molecule has 0 radical (unpaired) electrons. The van der Waals surface area contributed by atoms with Crippen molar-refractivity contribution >= 4 is 27.6 Å². The molecule has 1 atom stereocenters. The van der Waals surface area contributed by atoms with Crippen LogP contribution in [0.2, 0.25) is 0 Å². The van der Waals surface area contributed by atoms with Gasteiger partial charge < -0.3 is 10.1 Å². The number of halogens is 2. The molecule has 0 heterocycles. The van der Waals surface area contributed by atoms with Crippen molar-refractivity contribution in [2.24, 2.45) is 5.92 Å². The number of hydrogen-bond acceptors (Lipinski definition) is 3. The summed E-state index contributed by atoms with van der Waals surface area (Å²) < 4.78 is 18.3. The molecular weight excluding hydrogens is 289 g/mol. The van der Waals surface area contributed by atoms with Gasteiger partial charge in [0.1, 0.15) is 11.9 Å². The summed E-state index contributed by atoms with van der Waals surface area (Å²) in [5.41, 5.74) is 0.703. The van der Waals surface area contributed by atoms with Crippen LogP contribution in [0.15, 0.2) is 22.7 Å². The molecule has 1 aliphatic carbocycles. The number of hydrogen-bond donors (Lipinski definition) is 1. The first-order chi connectivity index (χ1) is 8.11. The Morgan fingerprint density at radius 2 is 2.29 bits per heavy atom. The second kappa shape index (κ2) is 5.04. The van der Waals surface area contributed by atoms with E-state index in [0.29, 0.717) is 16.1 Å². The van der Waals surface area contributed by atoms with E-state index in [9.17, 15) is 9.18 Å². The van der Waals surface area contributed by atoms with Crippen molar-refractivity contribution in [1.29, 1.82) is 0 Å². The standard InChI is InChI=1S/C12H13BrFNO2/c1-17-12(16)11(7-2-3-7)15-10-5-4-8(14)6-9(10)13/h4-7,11,15H,2-3H2,1H3. The summed E-state index contributed by atoms with van der Waals surface area (Å²) in [6.45, 7) is 0. The highest BCUT2D eigenvalue weighted by atomic mass is 79.9. The molecule has 1 aliphatic rings. The van der Waals surface area contributed by atoms with Crippen LogP contribution in [-0.4, -0.2) is 19.1 Å². The lowest BCUT2D eigenvalue weighted by molar-refractivity contribution is -0.142. The van der Waals surface area contributed by atoms with Gasteiger partial charge in [-0.3, -0.25) is 0 Å². The average molecular weight is 302 g/mol. The minimum absolute atomic E-state index is 0.274. The average Bonchev–Trinajstić information content (AvgIpc) is 3.11. The SMILES string of the molecule is COC(=O)C(Nc1ccc(F)cc1Br)C1CC1. The third-order valence-corrected chi connectivity index (χ3v) is 3.45. The molecule has 1 unspecified atom stereocenters. The van der Waals surface area contributed by atoms with Gasteiger partial charge >= 0.3 is 5.97 Å². The van der Waals surface area contributed by atoms with Gasteiger partial charge in [0, 0.05) is 10.2 Å². The predicted molar refractivity (Wildman–Crippen MR) is 66.3 cm³/mol. The van der Waals surface area contributed by atoms with Gasteiger partial charge in [-0.25, -0.2) is 9.18 Å². The first kappa shape index (κ1) is 12.4. The second-order valence-electron chi connectivity index (χ2n) is 4.11. The molecule has 1 fully saturated rings. The first-order valence-corrected chi connectivity index (χ1v) is 6.20. The largest absolute Gasteiger partial charge is 0.467 e. The summed E-state index contributed by atoms with van der Waals surface area (Å²) in [4.78, 5) is 11.6. The maximum atomic E-state index is 12.9. The molecule has 0 saturated heterocycles. The lowest BCUT2D eigenvalue weighted by atomic mass is 10.1. The van der Waals surface area contributed by atoms with E-state index in [1.807, 2.05) is 0 Å². The number of rotatable bonds is 4.